The number of hydrogen-bond acceptors (Lipinski definition) is 2. The maximum Gasteiger partial charge on any atom is 0.305 e. The molecule has 86 valence electrons. The normalized spacial score (nSPS) is 9.88. The van der Waals surface area contributed by atoms with Gasteiger partial charge < -0.3 is 10.4 Å². The molecule has 0 fully saturated rings. The number of carbonyl (C=O) groups excluding carboxylic acids is 1. The summed E-state index contributed by atoms with van der Waals surface area (Å²) in [5.41, 5.74) is 0.119. The maximum atomic E-state index is 12.7. The van der Waals surface area contributed by atoms with E-state index in [0.717, 1.165) is 12.1 Å². The molecule has 0 spiro atoms. The average molecular weight is 246 g/mol. The number of benzene rings is 1. The predicted molar refractivity (Wildman–Crippen MR) is 56.0 cm³/mol. The number of carboxylic acid groups (broad SMARTS) is 1. The van der Waals surface area contributed by atoms with E-state index >= 15 is 0 Å². The molecule has 0 atom stereocenters. The van der Waals surface area contributed by atoms with Crippen LogP contribution in [-0.4, -0.2) is 23.5 Å². The van der Waals surface area contributed by atoms with Gasteiger partial charge in [0.1, 0.15) is 5.82 Å². The maximum absolute atomic E-state index is 12.7. The van der Waals surface area contributed by atoms with Gasteiger partial charge in [0.05, 0.1) is 17.0 Å². The van der Waals surface area contributed by atoms with Crippen LogP contribution in [0, 0.1) is 5.82 Å². The van der Waals surface area contributed by atoms with Crippen molar-refractivity contribution >= 4 is 23.5 Å². The first-order valence-electron chi connectivity index (χ1n) is 4.45. The molecule has 0 heterocycles. The summed E-state index contributed by atoms with van der Waals surface area (Å²) in [6.07, 6.45) is -0.176. The molecule has 0 aliphatic rings. The van der Waals surface area contributed by atoms with Crippen LogP contribution in [0.2, 0.25) is 5.02 Å². The predicted octanol–water partition coefficient (Wildman–Crippen LogP) is 1.68. The first-order valence-corrected chi connectivity index (χ1v) is 4.83. The van der Waals surface area contributed by atoms with Crippen LogP contribution in [0.5, 0.6) is 0 Å². The first-order chi connectivity index (χ1) is 7.50. The summed E-state index contributed by atoms with van der Waals surface area (Å²) >= 11 is 5.65. The van der Waals surface area contributed by atoms with Crippen molar-refractivity contribution < 1.29 is 19.1 Å². The average Bonchev–Trinajstić information content (AvgIpc) is 2.16. The molecule has 0 aliphatic carbocycles. The largest absolute Gasteiger partial charge is 0.481 e. The van der Waals surface area contributed by atoms with E-state index in [0.29, 0.717) is 0 Å². The van der Waals surface area contributed by atoms with E-state index in [2.05, 4.69) is 5.32 Å². The smallest absolute Gasteiger partial charge is 0.305 e. The Morgan fingerprint density at radius 1 is 1.44 bits per heavy atom. The highest BCUT2D eigenvalue weighted by molar-refractivity contribution is 6.33. The molecule has 0 aromatic heterocycles. The number of hydrogen-bond donors (Lipinski definition) is 2. The number of amides is 1. The van der Waals surface area contributed by atoms with Gasteiger partial charge in [-0.1, -0.05) is 11.6 Å². The van der Waals surface area contributed by atoms with E-state index in [-0.39, 0.29) is 23.6 Å². The van der Waals surface area contributed by atoms with Crippen LogP contribution in [0.15, 0.2) is 18.2 Å². The lowest BCUT2D eigenvalue weighted by Crippen LogP contribution is -2.26. The number of carbonyl (C=O) groups is 2. The van der Waals surface area contributed by atoms with Crippen molar-refractivity contribution in [3.8, 4) is 0 Å². The fraction of sp³-hybridized carbons (Fsp3) is 0.200. The highest BCUT2D eigenvalue weighted by Gasteiger charge is 2.10. The van der Waals surface area contributed by atoms with Crippen molar-refractivity contribution in [2.24, 2.45) is 0 Å². The van der Waals surface area contributed by atoms with Crippen LogP contribution < -0.4 is 5.32 Å². The third-order valence-corrected chi connectivity index (χ3v) is 2.11. The van der Waals surface area contributed by atoms with Gasteiger partial charge in [0.15, 0.2) is 0 Å². The molecule has 1 aromatic rings. The molecular formula is C10H9ClFNO3. The molecule has 0 unspecified atom stereocenters. The van der Waals surface area contributed by atoms with Crippen molar-refractivity contribution in [3.63, 3.8) is 0 Å². The van der Waals surface area contributed by atoms with E-state index in [4.69, 9.17) is 16.7 Å². The molecule has 1 amide bonds. The zero-order valence-corrected chi connectivity index (χ0v) is 8.92. The van der Waals surface area contributed by atoms with Crippen molar-refractivity contribution in [3.05, 3.63) is 34.6 Å². The number of aliphatic carboxylic acids is 1. The zero-order chi connectivity index (χ0) is 12.1. The van der Waals surface area contributed by atoms with Gasteiger partial charge in [-0.3, -0.25) is 9.59 Å². The van der Waals surface area contributed by atoms with Crippen molar-refractivity contribution in [2.45, 2.75) is 6.42 Å². The van der Waals surface area contributed by atoms with Gasteiger partial charge in [-0.15, -0.1) is 0 Å². The molecule has 1 aromatic carbocycles. The van der Waals surface area contributed by atoms with Gasteiger partial charge in [0.2, 0.25) is 0 Å². The van der Waals surface area contributed by atoms with Gasteiger partial charge in [-0.25, -0.2) is 4.39 Å². The number of carboxylic acids is 1. The molecule has 16 heavy (non-hydrogen) atoms. The molecule has 0 saturated heterocycles. The summed E-state index contributed by atoms with van der Waals surface area (Å²) in [5, 5.41) is 10.7. The fourth-order valence-electron chi connectivity index (χ4n) is 1.05. The van der Waals surface area contributed by atoms with Crippen LogP contribution in [0.25, 0.3) is 0 Å². The standard InChI is InChI=1S/C10H9ClFNO3/c11-8-5-6(12)1-2-7(8)10(16)13-4-3-9(14)15/h1-2,5H,3-4H2,(H,13,16)(H,14,15). The third kappa shape index (κ3) is 3.51. The molecule has 2 N–H and O–H groups in total. The van der Waals surface area contributed by atoms with Gasteiger partial charge >= 0.3 is 5.97 Å². The summed E-state index contributed by atoms with van der Waals surface area (Å²) in [6, 6.07) is 3.37. The summed E-state index contributed by atoms with van der Waals surface area (Å²) in [6.45, 7) is 0.00186. The molecule has 1 rings (SSSR count). The molecule has 6 heteroatoms. The molecule has 0 aliphatic heterocycles. The second-order valence-electron chi connectivity index (χ2n) is 3.02. The van der Waals surface area contributed by atoms with Crippen molar-refractivity contribution in [2.75, 3.05) is 6.54 Å². The summed E-state index contributed by atoms with van der Waals surface area (Å²) in [4.78, 5) is 21.6. The monoisotopic (exact) mass is 245 g/mol. The van der Waals surface area contributed by atoms with Crippen molar-refractivity contribution in [1.82, 2.24) is 5.32 Å². The minimum Gasteiger partial charge on any atom is -0.481 e. The minimum absolute atomic E-state index is 0.00186. The number of halogens is 2. The van der Waals surface area contributed by atoms with E-state index in [1.807, 2.05) is 0 Å². The van der Waals surface area contributed by atoms with Gasteiger partial charge in [-0.2, -0.15) is 0 Å². The van der Waals surface area contributed by atoms with E-state index < -0.39 is 17.7 Å². The van der Waals surface area contributed by atoms with Crippen LogP contribution >= 0.6 is 11.6 Å². The Kier molecular flexibility index (Phi) is 4.25. The Labute approximate surface area is 96.0 Å². The fourth-order valence-corrected chi connectivity index (χ4v) is 1.30. The quantitative estimate of drug-likeness (QED) is 0.848. The van der Waals surface area contributed by atoms with Crippen LogP contribution in [0.3, 0.4) is 0 Å². The van der Waals surface area contributed by atoms with E-state index in [1.165, 1.54) is 6.07 Å². The minimum atomic E-state index is -1.01. The zero-order valence-electron chi connectivity index (χ0n) is 8.17. The summed E-state index contributed by atoms with van der Waals surface area (Å²) < 4.78 is 12.7. The lowest BCUT2D eigenvalue weighted by Gasteiger charge is -2.05. The van der Waals surface area contributed by atoms with Crippen LogP contribution in [0.1, 0.15) is 16.8 Å². The highest BCUT2D eigenvalue weighted by Crippen LogP contribution is 2.16. The molecule has 4 nitrogen and oxygen atoms in total. The van der Waals surface area contributed by atoms with Crippen LogP contribution in [-0.2, 0) is 4.79 Å². The molecular weight excluding hydrogens is 237 g/mol. The Bertz CT molecular complexity index is 423. The highest BCUT2D eigenvalue weighted by atomic mass is 35.5. The molecule has 0 saturated carbocycles. The van der Waals surface area contributed by atoms with Gasteiger partial charge in [0, 0.05) is 6.54 Å². The molecule has 0 radical (unpaired) electrons. The van der Waals surface area contributed by atoms with Gasteiger partial charge in [0.25, 0.3) is 5.91 Å². The van der Waals surface area contributed by atoms with E-state index in [9.17, 15) is 14.0 Å². The second-order valence-corrected chi connectivity index (χ2v) is 3.43. The SMILES string of the molecule is O=C(O)CCNC(=O)c1ccc(F)cc1Cl. The Morgan fingerprint density at radius 3 is 2.69 bits per heavy atom. The second kappa shape index (κ2) is 5.46. The number of nitrogens with one attached hydrogen (secondary N) is 1. The van der Waals surface area contributed by atoms with Crippen LogP contribution in [0.4, 0.5) is 4.39 Å². The van der Waals surface area contributed by atoms with E-state index in [1.54, 1.807) is 0 Å². The lowest BCUT2D eigenvalue weighted by atomic mass is 10.2. The lowest BCUT2D eigenvalue weighted by molar-refractivity contribution is -0.136. The Hall–Kier alpha value is -1.62. The summed E-state index contributed by atoms with van der Waals surface area (Å²) in [5.74, 6) is -2.07. The number of rotatable bonds is 4. The topological polar surface area (TPSA) is 66.4 Å². The summed E-state index contributed by atoms with van der Waals surface area (Å²) in [7, 11) is 0. The third-order valence-electron chi connectivity index (χ3n) is 1.80. The first kappa shape index (κ1) is 12.4. The van der Waals surface area contributed by atoms with Crippen molar-refractivity contribution in [1.29, 1.82) is 0 Å². The Balaban J connectivity index is 2.63. The Morgan fingerprint density at radius 2 is 2.12 bits per heavy atom. The molecule has 0 bridgehead atoms. The van der Waals surface area contributed by atoms with Gasteiger partial charge in [-0.05, 0) is 18.2 Å².